The molecule has 0 saturated heterocycles. The lowest BCUT2D eigenvalue weighted by molar-refractivity contribution is 0.180. The minimum atomic E-state index is -0.751. The highest BCUT2D eigenvalue weighted by Gasteiger charge is 2.47. The number of allylic oxidation sites excluding steroid dienone is 4. The van der Waals surface area contributed by atoms with Gasteiger partial charge in [-0.05, 0) is 72.2 Å². The van der Waals surface area contributed by atoms with Crippen LogP contribution in [0.25, 0.3) is 22.9 Å². The van der Waals surface area contributed by atoms with Crippen molar-refractivity contribution < 1.29 is 15.3 Å². The van der Waals surface area contributed by atoms with Gasteiger partial charge in [-0.25, -0.2) is 0 Å². The van der Waals surface area contributed by atoms with Crippen LogP contribution in [0.5, 0.6) is 17.2 Å². The summed E-state index contributed by atoms with van der Waals surface area (Å²) in [5.74, 6) is 0.489. The van der Waals surface area contributed by atoms with E-state index in [0.717, 1.165) is 40.9 Å². The molecular formula is C41H37N3O3S. The fourth-order valence-corrected chi connectivity index (χ4v) is 9.23. The lowest BCUT2D eigenvalue weighted by atomic mass is 9.79. The van der Waals surface area contributed by atoms with Crippen LogP contribution in [0.15, 0.2) is 108 Å². The lowest BCUT2D eigenvalue weighted by Crippen LogP contribution is -2.48. The van der Waals surface area contributed by atoms with Crippen LogP contribution in [0.2, 0.25) is 0 Å². The molecule has 0 radical (unpaired) electrons. The third-order valence-electron chi connectivity index (χ3n) is 10.3. The average Bonchev–Trinajstić information content (AvgIpc) is 3.83. The molecular weight excluding hydrogens is 615 g/mol. The lowest BCUT2D eigenvalue weighted by Gasteiger charge is -2.44. The zero-order valence-corrected chi connectivity index (χ0v) is 27.8. The Morgan fingerprint density at radius 1 is 0.958 bits per heavy atom. The van der Waals surface area contributed by atoms with Gasteiger partial charge < -0.3 is 25.5 Å². The van der Waals surface area contributed by atoms with Crippen molar-refractivity contribution in [1.29, 1.82) is 0 Å². The number of hydrogen-bond donors (Lipinski definition) is 4. The van der Waals surface area contributed by atoms with E-state index in [1.54, 1.807) is 11.8 Å². The monoisotopic (exact) mass is 651 g/mol. The van der Waals surface area contributed by atoms with E-state index < -0.39 is 11.1 Å². The largest absolute Gasteiger partial charge is 0.507 e. The first-order valence-corrected chi connectivity index (χ1v) is 17.2. The highest BCUT2D eigenvalue weighted by molar-refractivity contribution is 8.02. The Morgan fingerprint density at radius 3 is 2.46 bits per heavy atom. The molecule has 240 valence electrons. The van der Waals surface area contributed by atoms with Crippen molar-refractivity contribution in [2.24, 2.45) is 4.99 Å². The highest BCUT2D eigenvalue weighted by atomic mass is 32.2. The molecule has 3 atom stereocenters. The van der Waals surface area contributed by atoms with Gasteiger partial charge in [0.25, 0.3) is 0 Å². The summed E-state index contributed by atoms with van der Waals surface area (Å²) in [5, 5.41) is 42.6. The van der Waals surface area contributed by atoms with Crippen LogP contribution >= 0.6 is 11.8 Å². The van der Waals surface area contributed by atoms with Crippen molar-refractivity contribution in [2.75, 3.05) is 12.4 Å². The molecule has 0 saturated carbocycles. The Labute approximate surface area is 284 Å². The predicted octanol–water partition coefficient (Wildman–Crippen LogP) is 7.04. The number of hydrogen-bond acceptors (Lipinski definition) is 7. The highest BCUT2D eigenvalue weighted by Crippen LogP contribution is 2.53. The summed E-state index contributed by atoms with van der Waals surface area (Å²) in [6.45, 7) is 6.14. The summed E-state index contributed by atoms with van der Waals surface area (Å²) >= 11 is 1.75. The van der Waals surface area contributed by atoms with Gasteiger partial charge in [0.05, 0.1) is 0 Å². The minimum absolute atomic E-state index is 0.000646. The molecule has 7 heteroatoms. The van der Waals surface area contributed by atoms with Crippen molar-refractivity contribution in [3.8, 4) is 17.2 Å². The summed E-state index contributed by atoms with van der Waals surface area (Å²) < 4.78 is 0. The van der Waals surface area contributed by atoms with E-state index >= 15 is 0 Å². The first-order chi connectivity index (χ1) is 23.3. The normalized spacial score (nSPS) is 23.8. The van der Waals surface area contributed by atoms with Crippen LogP contribution in [0, 0.1) is 0 Å². The van der Waals surface area contributed by atoms with E-state index in [0.29, 0.717) is 33.2 Å². The standard InChI is InChI=1S/C41H37N3O3S/c1-4-6-10-16-41(44-29(5-2)24-48-39(44)25-11-8-7-9-12-25)20-27-18-26-15-17-40(35(26)38(47)34(27)23-43-41)21-32-33(22-40)37(46)31-19-28(42-3)13-14-30(31)36(32)45/h4-14,16,18-19,21-24,39,42,45-47H,2,15,17,20H2,1,3H3/b6-4+,16-10+/t39?,40-,41?/m0/s1. The summed E-state index contributed by atoms with van der Waals surface area (Å²) in [6.07, 6.45) is 18.0. The van der Waals surface area contributed by atoms with Crippen molar-refractivity contribution in [1.82, 2.24) is 4.90 Å². The first kappa shape index (κ1) is 30.2. The number of phenols is 3. The fraction of sp³-hybridized carbons (Fsp3) is 0.195. The summed E-state index contributed by atoms with van der Waals surface area (Å²) in [5.41, 5.74) is 5.26. The summed E-state index contributed by atoms with van der Waals surface area (Å²) in [4.78, 5) is 7.61. The molecule has 4 N–H and O–H groups in total. The Morgan fingerprint density at radius 2 is 1.73 bits per heavy atom. The van der Waals surface area contributed by atoms with Crippen LogP contribution in [0.4, 0.5) is 5.69 Å². The van der Waals surface area contributed by atoms with E-state index in [4.69, 9.17) is 4.99 Å². The van der Waals surface area contributed by atoms with Crippen LogP contribution in [-0.4, -0.2) is 39.1 Å². The van der Waals surface area contributed by atoms with E-state index in [1.807, 2.05) is 74.8 Å². The third kappa shape index (κ3) is 4.37. The van der Waals surface area contributed by atoms with Crippen molar-refractivity contribution in [3.05, 3.63) is 141 Å². The zero-order valence-electron chi connectivity index (χ0n) is 26.9. The van der Waals surface area contributed by atoms with E-state index in [9.17, 15) is 15.3 Å². The number of nitrogens with zero attached hydrogens (tertiary/aromatic N) is 2. The smallest absolute Gasteiger partial charge is 0.156 e. The predicted molar refractivity (Wildman–Crippen MR) is 198 cm³/mol. The number of fused-ring (bicyclic) bond motifs is 5. The molecule has 4 aromatic rings. The van der Waals surface area contributed by atoms with E-state index in [-0.39, 0.29) is 22.6 Å². The molecule has 0 aromatic heterocycles. The first-order valence-electron chi connectivity index (χ1n) is 16.3. The molecule has 0 fully saturated rings. The average molecular weight is 652 g/mol. The Hall–Kier alpha value is -5.14. The van der Waals surface area contributed by atoms with Crippen LogP contribution in [0.1, 0.15) is 46.5 Å². The summed E-state index contributed by atoms with van der Waals surface area (Å²) in [7, 11) is 1.83. The fourth-order valence-electron chi connectivity index (χ4n) is 8.02. The maximum absolute atomic E-state index is 12.1. The van der Waals surface area contributed by atoms with Gasteiger partial charge in [-0.15, -0.1) is 11.8 Å². The molecule has 2 aliphatic heterocycles. The van der Waals surface area contributed by atoms with Crippen LogP contribution < -0.4 is 15.8 Å². The number of aryl methyl sites for hydroxylation is 1. The molecule has 0 amide bonds. The number of nitrogens with one attached hydrogen (secondary N) is 1. The maximum Gasteiger partial charge on any atom is 0.156 e. The second kappa shape index (κ2) is 11.2. The maximum atomic E-state index is 12.1. The summed E-state index contributed by atoms with van der Waals surface area (Å²) in [6, 6.07) is 18.3. The number of anilines is 1. The van der Waals surface area contributed by atoms with Crippen LogP contribution in [-0.2, 0) is 18.3 Å². The molecule has 2 aliphatic carbocycles. The van der Waals surface area contributed by atoms with Gasteiger partial charge in [-0.2, -0.15) is 0 Å². The van der Waals surface area contributed by atoms with Crippen LogP contribution in [0.3, 0.4) is 0 Å². The minimum Gasteiger partial charge on any atom is -0.507 e. The number of aromatic hydroxyl groups is 3. The van der Waals surface area contributed by atoms with E-state index in [2.05, 4.69) is 64.7 Å². The molecule has 48 heavy (non-hydrogen) atoms. The number of rotatable bonds is 6. The molecule has 1 spiro atoms. The van der Waals surface area contributed by atoms with Gasteiger partial charge in [0, 0.05) is 68.8 Å². The Kier molecular flexibility index (Phi) is 7.07. The molecule has 4 aliphatic rings. The number of thioether (sulfide) groups is 1. The van der Waals surface area contributed by atoms with Gasteiger partial charge in [-0.3, -0.25) is 4.99 Å². The van der Waals surface area contributed by atoms with Crippen molar-refractivity contribution in [2.45, 2.75) is 42.6 Å². The topological polar surface area (TPSA) is 88.3 Å². The van der Waals surface area contributed by atoms with Crippen molar-refractivity contribution >= 4 is 46.6 Å². The number of aliphatic imine (C=N–C) groups is 1. The molecule has 6 nitrogen and oxygen atoms in total. The van der Waals surface area contributed by atoms with Gasteiger partial charge in [0.2, 0.25) is 0 Å². The molecule has 2 heterocycles. The molecule has 8 rings (SSSR count). The third-order valence-corrected chi connectivity index (χ3v) is 11.4. The van der Waals surface area contributed by atoms with Gasteiger partial charge in [0.15, 0.2) is 5.66 Å². The molecule has 4 aromatic carbocycles. The van der Waals surface area contributed by atoms with Gasteiger partial charge in [0.1, 0.15) is 22.6 Å². The quantitative estimate of drug-likeness (QED) is 0.132. The SMILES string of the molecule is C=CC1=CSC(c2ccccc2)N1C1(/C=C/C=C/C)Cc2cc3c(c(O)c2C=N1)[C@]1(C=c2c(O)c4ccc(NC)cc4c(O)c2=C1)CC3. The molecule has 0 bridgehead atoms. The number of phenolic OH excluding ortho intramolecular Hbond substituents is 3. The molecule has 2 unspecified atom stereocenters. The Balaban J connectivity index is 1.26. The van der Waals surface area contributed by atoms with E-state index in [1.165, 1.54) is 5.56 Å². The van der Waals surface area contributed by atoms with Crippen molar-refractivity contribution in [3.63, 3.8) is 0 Å². The van der Waals surface area contributed by atoms with Gasteiger partial charge >= 0.3 is 0 Å². The Bertz CT molecular complexity index is 2270. The second-order valence-corrected chi connectivity index (χ2v) is 13.9. The van der Waals surface area contributed by atoms with Gasteiger partial charge in [-0.1, -0.05) is 73.4 Å². The number of benzene rings is 4. The zero-order chi connectivity index (χ0) is 33.2. The second-order valence-electron chi connectivity index (χ2n) is 12.9.